The number of fused-ring (bicyclic) bond motifs is 1. The van der Waals surface area contributed by atoms with E-state index in [1.54, 1.807) is 11.4 Å². The van der Waals surface area contributed by atoms with Crippen molar-refractivity contribution < 1.29 is 14.4 Å². The average molecular weight is 349 g/mol. The summed E-state index contributed by atoms with van der Waals surface area (Å²) in [5, 5.41) is 8.97. The number of aromatic nitrogens is 4. The van der Waals surface area contributed by atoms with E-state index in [0.717, 1.165) is 23.2 Å². The third-order valence-electron chi connectivity index (χ3n) is 4.06. The van der Waals surface area contributed by atoms with Crippen molar-refractivity contribution in [1.82, 2.24) is 19.4 Å². The first-order chi connectivity index (χ1) is 12.0. The third kappa shape index (κ3) is 3.23. The number of esters is 1. The number of carbonyl (C=O) groups excluding carboxylic acids is 1. The largest absolute Gasteiger partial charge is 0.465 e. The molecule has 1 aliphatic rings. The van der Waals surface area contributed by atoms with Crippen LogP contribution in [0.2, 0.25) is 0 Å². The Morgan fingerprint density at radius 1 is 1.36 bits per heavy atom. The molecule has 0 bridgehead atoms. The van der Waals surface area contributed by atoms with E-state index in [2.05, 4.69) is 15.7 Å². The predicted octanol–water partition coefficient (Wildman–Crippen LogP) is 1.43. The number of anilines is 1. The first-order valence-corrected chi connectivity index (χ1v) is 8.46. The number of rotatable bonds is 7. The lowest BCUT2D eigenvalue weighted by molar-refractivity contribution is -0.144. The quantitative estimate of drug-likeness (QED) is 0.596. The number of hydrogen-bond donors (Lipinski definition) is 1. The van der Waals surface area contributed by atoms with Crippen molar-refractivity contribution in [3.63, 3.8) is 0 Å². The van der Waals surface area contributed by atoms with Crippen molar-refractivity contribution in [2.75, 3.05) is 19.2 Å². The summed E-state index contributed by atoms with van der Waals surface area (Å²) in [5.74, 6) is 0.429. The van der Waals surface area contributed by atoms with Gasteiger partial charge in [-0.15, -0.1) is 0 Å². The summed E-state index contributed by atoms with van der Waals surface area (Å²) in [4.78, 5) is 29.8. The zero-order valence-electron chi connectivity index (χ0n) is 14.9. The minimum absolute atomic E-state index is 0.0129. The number of carbonyl (C=O) groups is 1. The van der Waals surface area contributed by atoms with Crippen LogP contribution in [0, 0.1) is 0 Å². The maximum Gasteiger partial charge on any atom is 0.327 e. The standard InChI is InChI=1S/C16H23N5O4/c1-5-25-11(22)8-20-16(23)14-13(19-24-4)12(10-6-7-10)17-21(14)15(18-20)9(2)3/h9-10,19H,5-8H2,1-4H3. The minimum Gasteiger partial charge on any atom is -0.465 e. The molecule has 1 fully saturated rings. The normalized spacial score (nSPS) is 14.3. The molecule has 9 heteroatoms. The molecule has 1 saturated carbocycles. The fourth-order valence-electron chi connectivity index (χ4n) is 2.77. The van der Waals surface area contributed by atoms with E-state index in [9.17, 15) is 9.59 Å². The van der Waals surface area contributed by atoms with Gasteiger partial charge in [0.2, 0.25) is 0 Å². The first-order valence-electron chi connectivity index (χ1n) is 8.46. The van der Waals surface area contributed by atoms with Gasteiger partial charge in [0.1, 0.15) is 12.2 Å². The van der Waals surface area contributed by atoms with Crippen LogP contribution >= 0.6 is 0 Å². The fourth-order valence-corrected chi connectivity index (χ4v) is 2.77. The molecule has 0 amide bonds. The monoisotopic (exact) mass is 349 g/mol. The van der Waals surface area contributed by atoms with Crippen molar-refractivity contribution in [1.29, 1.82) is 0 Å². The van der Waals surface area contributed by atoms with Crippen LogP contribution in [-0.4, -0.2) is 39.1 Å². The van der Waals surface area contributed by atoms with E-state index in [0.29, 0.717) is 22.9 Å². The highest BCUT2D eigenvalue weighted by Crippen LogP contribution is 2.43. The predicted molar refractivity (Wildman–Crippen MR) is 90.6 cm³/mol. The third-order valence-corrected chi connectivity index (χ3v) is 4.06. The summed E-state index contributed by atoms with van der Waals surface area (Å²) >= 11 is 0. The molecule has 0 aliphatic heterocycles. The van der Waals surface area contributed by atoms with Gasteiger partial charge in [-0.1, -0.05) is 13.8 Å². The van der Waals surface area contributed by atoms with Gasteiger partial charge in [0.15, 0.2) is 11.3 Å². The van der Waals surface area contributed by atoms with Crippen LogP contribution in [0.3, 0.4) is 0 Å². The second kappa shape index (κ2) is 6.83. The lowest BCUT2D eigenvalue weighted by atomic mass is 10.2. The molecule has 2 heterocycles. The molecule has 0 radical (unpaired) electrons. The first kappa shape index (κ1) is 17.4. The van der Waals surface area contributed by atoms with Gasteiger partial charge in [0.05, 0.1) is 19.4 Å². The second-order valence-corrected chi connectivity index (χ2v) is 6.38. The van der Waals surface area contributed by atoms with Crippen molar-refractivity contribution in [2.45, 2.75) is 52.0 Å². The highest BCUT2D eigenvalue weighted by molar-refractivity contribution is 5.75. The van der Waals surface area contributed by atoms with Gasteiger partial charge >= 0.3 is 5.97 Å². The van der Waals surface area contributed by atoms with E-state index in [1.807, 2.05) is 13.8 Å². The maximum absolute atomic E-state index is 12.9. The Bertz CT molecular complexity index is 850. The zero-order valence-corrected chi connectivity index (χ0v) is 14.9. The second-order valence-electron chi connectivity index (χ2n) is 6.38. The van der Waals surface area contributed by atoms with Gasteiger partial charge in [0, 0.05) is 11.8 Å². The summed E-state index contributed by atoms with van der Waals surface area (Å²) in [6.07, 6.45) is 2.06. The summed E-state index contributed by atoms with van der Waals surface area (Å²) in [6.45, 7) is 5.66. The molecule has 136 valence electrons. The summed E-state index contributed by atoms with van der Waals surface area (Å²) in [5.41, 5.74) is 4.08. The van der Waals surface area contributed by atoms with Gasteiger partial charge in [-0.25, -0.2) is 9.20 Å². The molecule has 1 aliphatic carbocycles. The van der Waals surface area contributed by atoms with Crippen LogP contribution in [0.15, 0.2) is 4.79 Å². The lowest BCUT2D eigenvalue weighted by Crippen LogP contribution is -2.31. The van der Waals surface area contributed by atoms with Gasteiger partial charge in [-0.05, 0) is 19.8 Å². The van der Waals surface area contributed by atoms with Gasteiger partial charge in [-0.2, -0.15) is 10.2 Å². The van der Waals surface area contributed by atoms with Crippen LogP contribution < -0.4 is 11.0 Å². The van der Waals surface area contributed by atoms with Crippen molar-refractivity contribution in [3.05, 3.63) is 21.9 Å². The van der Waals surface area contributed by atoms with Crippen LogP contribution in [0.5, 0.6) is 0 Å². The Labute approximate surface area is 144 Å². The number of hydrogen-bond acceptors (Lipinski definition) is 7. The highest BCUT2D eigenvalue weighted by Gasteiger charge is 2.33. The smallest absolute Gasteiger partial charge is 0.327 e. The van der Waals surface area contributed by atoms with Crippen molar-refractivity contribution >= 4 is 17.2 Å². The average Bonchev–Trinajstić information content (AvgIpc) is 3.33. The fraction of sp³-hybridized carbons (Fsp3) is 0.625. The van der Waals surface area contributed by atoms with E-state index in [-0.39, 0.29) is 19.1 Å². The summed E-state index contributed by atoms with van der Waals surface area (Å²) < 4.78 is 7.66. The molecular weight excluding hydrogens is 326 g/mol. The Morgan fingerprint density at radius 2 is 2.08 bits per heavy atom. The molecule has 9 nitrogen and oxygen atoms in total. The van der Waals surface area contributed by atoms with Crippen LogP contribution in [-0.2, 0) is 20.9 Å². The summed E-state index contributed by atoms with van der Waals surface area (Å²) in [7, 11) is 1.49. The number of ether oxygens (including phenoxy) is 1. The Kier molecular flexibility index (Phi) is 4.76. The van der Waals surface area contributed by atoms with E-state index < -0.39 is 11.5 Å². The van der Waals surface area contributed by atoms with Crippen LogP contribution in [0.25, 0.3) is 5.52 Å². The molecule has 2 aromatic heterocycles. The van der Waals surface area contributed by atoms with Gasteiger partial charge in [0.25, 0.3) is 5.56 Å². The van der Waals surface area contributed by atoms with Gasteiger partial charge in [-0.3, -0.25) is 19.9 Å². The maximum atomic E-state index is 12.9. The minimum atomic E-state index is -0.501. The van der Waals surface area contributed by atoms with Crippen molar-refractivity contribution in [3.8, 4) is 0 Å². The van der Waals surface area contributed by atoms with E-state index in [4.69, 9.17) is 9.57 Å². The molecule has 2 aromatic rings. The molecule has 0 saturated heterocycles. The Balaban J connectivity index is 2.22. The highest BCUT2D eigenvalue weighted by atomic mass is 16.6. The van der Waals surface area contributed by atoms with E-state index in [1.165, 1.54) is 7.11 Å². The number of nitrogens with zero attached hydrogens (tertiary/aromatic N) is 4. The van der Waals surface area contributed by atoms with Crippen LogP contribution in [0.4, 0.5) is 5.69 Å². The summed E-state index contributed by atoms with van der Waals surface area (Å²) in [6, 6.07) is 0. The Hall–Kier alpha value is -2.42. The van der Waals surface area contributed by atoms with Crippen LogP contribution in [0.1, 0.15) is 57.0 Å². The molecule has 3 rings (SSSR count). The van der Waals surface area contributed by atoms with Crippen molar-refractivity contribution in [2.24, 2.45) is 0 Å². The molecule has 0 unspecified atom stereocenters. The van der Waals surface area contributed by atoms with Gasteiger partial charge < -0.3 is 4.74 Å². The molecule has 25 heavy (non-hydrogen) atoms. The molecule has 0 spiro atoms. The Morgan fingerprint density at radius 3 is 2.64 bits per heavy atom. The topological polar surface area (TPSA) is 99.8 Å². The number of nitrogens with one attached hydrogen (secondary N) is 1. The SMILES string of the molecule is CCOC(=O)Cn1nc(C(C)C)n2nc(C3CC3)c(NOC)c2c1=O. The lowest BCUT2D eigenvalue weighted by Gasteiger charge is -2.11. The molecule has 0 atom stereocenters. The molecule has 0 aromatic carbocycles. The molecular formula is C16H23N5O4. The van der Waals surface area contributed by atoms with E-state index >= 15 is 0 Å². The zero-order chi connectivity index (χ0) is 18.1. The molecule has 1 N–H and O–H groups in total.